The number of allylic oxidation sites excluding steroid dienone is 1. The van der Waals surface area contributed by atoms with E-state index in [9.17, 15) is 10.1 Å². The lowest BCUT2D eigenvalue weighted by Gasteiger charge is -2.10. The van der Waals surface area contributed by atoms with E-state index in [-0.39, 0.29) is 11.4 Å². The molecule has 5 nitrogen and oxygen atoms in total. The summed E-state index contributed by atoms with van der Waals surface area (Å²) < 4.78 is 0. The third kappa shape index (κ3) is 3.47. The third-order valence-corrected chi connectivity index (χ3v) is 3.26. The molecule has 7 heteroatoms. The zero-order chi connectivity index (χ0) is 13.0. The summed E-state index contributed by atoms with van der Waals surface area (Å²) in [5.74, 6) is 0. The van der Waals surface area contributed by atoms with E-state index in [1.54, 1.807) is 13.0 Å². The van der Waals surface area contributed by atoms with Gasteiger partial charge >= 0.3 is 0 Å². The number of halogens is 1. The van der Waals surface area contributed by atoms with Crippen LogP contribution in [0.1, 0.15) is 12.5 Å². The zero-order valence-corrected chi connectivity index (χ0v) is 12.2. The minimum atomic E-state index is -0.467. The van der Waals surface area contributed by atoms with Crippen LogP contribution >= 0.6 is 28.4 Å². The molecule has 1 aromatic carbocycles. The molecule has 0 bridgehead atoms. The van der Waals surface area contributed by atoms with Gasteiger partial charge in [-0.15, -0.1) is 0 Å². The van der Waals surface area contributed by atoms with Crippen molar-refractivity contribution in [2.45, 2.75) is 6.92 Å². The smallest absolute Gasteiger partial charge is 0.270 e. The SMILES string of the molecule is C=C(C)C(=N)c1cc([N+](=O)[O-])ccc1NPI. The van der Waals surface area contributed by atoms with E-state index < -0.39 is 4.92 Å². The zero-order valence-electron chi connectivity index (χ0n) is 9.08. The average molecular weight is 363 g/mol. The van der Waals surface area contributed by atoms with Gasteiger partial charge in [0.25, 0.3) is 5.69 Å². The normalized spacial score (nSPS) is 10.5. The molecule has 1 rings (SSSR count). The van der Waals surface area contributed by atoms with Crippen LogP contribution in [0.15, 0.2) is 30.4 Å². The third-order valence-electron chi connectivity index (χ3n) is 2.09. The van der Waals surface area contributed by atoms with Crippen molar-refractivity contribution in [1.82, 2.24) is 0 Å². The van der Waals surface area contributed by atoms with Crippen molar-refractivity contribution < 1.29 is 4.92 Å². The van der Waals surface area contributed by atoms with Gasteiger partial charge in [-0.1, -0.05) is 6.58 Å². The number of nitro benzene ring substituents is 1. The lowest BCUT2D eigenvalue weighted by Crippen LogP contribution is -2.04. The van der Waals surface area contributed by atoms with Crippen molar-refractivity contribution in [2.24, 2.45) is 0 Å². The lowest BCUT2D eigenvalue weighted by molar-refractivity contribution is -0.384. The van der Waals surface area contributed by atoms with Crippen LogP contribution < -0.4 is 5.09 Å². The molecule has 0 heterocycles. The molecule has 1 aromatic rings. The Labute approximate surface area is 114 Å². The van der Waals surface area contributed by atoms with Gasteiger partial charge in [0.1, 0.15) is 0 Å². The first kappa shape index (κ1) is 14.1. The highest BCUT2D eigenvalue weighted by atomic mass is 127. The first-order valence-electron chi connectivity index (χ1n) is 4.62. The molecule has 0 radical (unpaired) electrons. The summed E-state index contributed by atoms with van der Waals surface area (Å²) in [4.78, 5) is 10.2. The number of nitro groups is 1. The average Bonchev–Trinajstić information content (AvgIpc) is 2.28. The first-order chi connectivity index (χ1) is 7.97. The molecule has 0 spiro atoms. The quantitative estimate of drug-likeness (QED) is 0.274. The fourth-order valence-corrected chi connectivity index (χ4v) is 2.43. The molecular formula is C10H11IN3O2P. The molecule has 2 N–H and O–H groups in total. The number of non-ortho nitro benzene ring substituents is 1. The van der Waals surface area contributed by atoms with Crippen LogP contribution in [0, 0.1) is 15.5 Å². The van der Waals surface area contributed by atoms with E-state index in [0.29, 0.717) is 17.5 Å². The second kappa shape index (κ2) is 6.07. The number of benzene rings is 1. The van der Waals surface area contributed by atoms with Crippen LogP contribution in [0.2, 0.25) is 0 Å². The molecule has 0 fully saturated rings. The van der Waals surface area contributed by atoms with E-state index in [0.717, 1.165) is 5.69 Å². The van der Waals surface area contributed by atoms with Crippen LogP contribution in [0.3, 0.4) is 0 Å². The fraction of sp³-hybridized carbons (Fsp3) is 0.100. The van der Waals surface area contributed by atoms with Crippen molar-refractivity contribution >= 4 is 45.5 Å². The van der Waals surface area contributed by atoms with E-state index in [4.69, 9.17) is 5.41 Å². The maximum absolute atomic E-state index is 10.7. The minimum Gasteiger partial charge on any atom is -0.358 e. The Morgan fingerprint density at radius 3 is 2.76 bits per heavy atom. The summed E-state index contributed by atoms with van der Waals surface area (Å²) in [5, 5.41) is 21.7. The Hall–Kier alpha value is -1.01. The molecule has 1 atom stereocenters. The van der Waals surface area contributed by atoms with Gasteiger partial charge in [0.2, 0.25) is 0 Å². The van der Waals surface area contributed by atoms with E-state index in [2.05, 4.69) is 33.7 Å². The Morgan fingerprint density at radius 1 is 1.65 bits per heavy atom. The van der Waals surface area contributed by atoms with Gasteiger partial charge in [-0.25, -0.2) is 0 Å². The largest absolute Gasteiger partial charge is 0.358 e. The number of nitrogens with one attached hydrogen (secondary N) is 2. The Morgan fingerprint density at radius 2 is 2.29 bits per heavy atom. The second-order valence-electron chi connectivity index (χ2n) is 3.36. The van der Waals surface area contributed by atoms with Crippen molar-refractivity contribution in [3.05, 3.63) is 46.0 Å². The maximum atomic E-state index is 10.7. The summed E-state index contributed by atoms with van der Waals surface area (Å²) in [7, 11) is 0. The molecular weight excluding hydrogens is 352 g/mol. The van der Waals surface area contributed by atoms with Crippen LogP contribution in [-0.4, -0.2) is 10.6 Å². The molecule has 0 aliphatic carbocycles. The Bertz CT molecular complexity index is 490. The van der Waals surface area contributed by atoms with Crippen molar-refractivity contribution in [3.63, 3.8) is 0 Å². The van der Waals surface area contributed by atoms with E-state index in [1.807, 2.05) is 0 Å². The summed E-state index contributed by atoms with van der Waals surface area (Å²) in [5.41, 5.74) is 2.00. The van der Waals surface area contributed by atoms with E-state index >= 15 is 0 Å². The second-order valence-corrected chi connectivity index (χ2v) is 5.42. The lowest BCUT2D eigenvalue weighted by atomic mass is 10.0. The molecule has 0 saturated carbocycles. The van der Waals surface area contributed by atoms with Crippen molar-refractivity contribution in [3.8, 4) is 0 Å². The predicted octanol–water partition coefficient (Wildman–Crippen LogP) is 3.89. The summed E-state index contributed by atoms with van der Waals surface area (Å²) in [6.07, 6.45) is 0.433. The fourth-order valence-electron chi connectivity index (χ4n) is 1.24. The number of hydrogen-bond donors (Lipinski definition) is 2. The summed E-state index contributed by atoms with van der Waals surface area (Å²) in [6.45, 7) is 5.39. The monoisotopic (exact) mass is 363 g/mol. The maximum Gasteiger partial charge on any atom is 0.270 e. The topological polar surface area (TPSA) is 79.0 Å². The standard InChI is InChI=1S/C10H11IN3O2P/c1-6(2)10(12)8-5-7(14(15)16)3-4-9(8)13-17-11/h3-5,12-13,17H,1H2,2H3. The van der Waals surface area contributed by atoms with Gasteiger partial charge < -0.3 is 5.09 Å². The number of hydrogen-bond acceptors (Lipinski definition) is 4. The molecule has 0 aliphatic rings. The van der Waals surface area contributed by atoms with Gasteiger partial charge in [-0.3, -0.25) is 15.5 Å². The molecule has 90 valence electrons. The van der Waals surface area contributed by atoms with Crippen molar-refractivity contribution in [2.75, 3.05) is 5.09 Å². The molecule has 17 heavy (non-hydrogen) atoms. The van der Waals surface area contributed by atoms with Crippen LogP contribution in [0.4, 0.5) is 11.4 Å². The first-order valence-corrected chi connectivity index (χ1v) is 8.73. The van der Waals surface area contributed by atoms with Gasteiger partial charge in [0.15, 0.2) is 0 Å². The van der Waals surface area contributed by atoms with Gasteiger partial charge in [0, 0.05) is 29.8 Å². The minimum absolute atomic E-state index is 0.0201. The molecule has 0 aromatic heterocycles. The van der Waals surface area contributed by atoms with Gasteiger partial charge in [-0.05, 0) is 40.6 Å². The highest BCUT2D eigenvalue weighted by Crippen LogP contribution is 2.30. The molecule has 0 amide bonds. The summed E-state index contributed by atoms with van der Waals surface area (Å²) >= 11 is 2.16. The Kier molecular flexibility index (Phi) is 5.02. The molecule has 0 saturated heterocycles. The summed E-state index contributed by atoms with van der Waals surface area (Å²) in [6, 6.07) is 4.45. The van der Waals surface area contributed by atoms with Crippen LogP contribution in [0.25, 0.3) is 0 Å². The van der Waals surface area contributed by atoms with E-state index in [1.165, 1.54) is 12.1 Å². The molecule has 1 unspecified atom stereocenters. The Balaban J connectivity index is 3.29. The molecule has 0 aliphatic heterocycles. The highest BCUT2D eigenvalue weighted by molar-refractivity contribution is 14.2. The number of anilines is 1. The number of nitrogens with zero attached hydrogens (tertiary/aromatic N) is 1. The van der Waals surface area contributed by atoms with Crippen LogP contribution in [0.5, 0.6) is 0 Å². The van der Waals surface area contributed by atoms with Crippen LogP contribution in [-0.2, 0) is 0 Å². The highest BCUT2D eigenvalue weighted by Gasteiger charge is 2.14. The van der Waals surface area contributed by atoms with Crippen molar-refractivity contribution in [1.29, 1.82) is 5.41 Å². The predicted molar refractivity (Wildman–Crippen MR) is 80.7 cm³/mol. The van der Waals surface area contributed by atoms with Gasteiger partial charge in [-0.2, -0.15) is 0 Å². The van der Waals surface area contributed by atoms with Gasteiger partial charge in [0.05, 0.1) is 10.6 Å². The number of rotatable bonds is 5.